The van der Waals surface area contributed by atoms with Gasteiger partial charge in [0.25, 0.3) is 0 Å². The fourth-order valence-corrected chi connectivity index (χ4v) is 6.75. The monoisotopic (exact) mass is 705 g/mol. The van der Waals surface area contributed by atoms with Crippen LogP contribution in [0.15, 0.2) is 137 Å². The van der Waals surface area contributed by atoms with Gasteiger partial charge in [0.1, 0.15) is 34.3 Å². The molecule has 0 heterocycles. The molecule has 0 aromatic heterocycles. The largest absolute Gasteiger partial charge is 1.00 e. The first kappa shape index (κ1) is 38.0. The van der Waals surface area contributed by atoms with Crippen LogP contribution in [0.1, 0.15) is 22.3 Å². The molecule has 5 rings (SSSR count). The normalized spacial score (nSPS) is 12.8. The Bertz CT molecular complexity index is 2150. The average molecular weight is 706 g/mol. The minimum atomic E-state index is -4.86. The molecule has 0 amide bonds. The minimum absolute atomic E-state index is 0. The van der Waals surface area contributed by atoms with Gasteiger partial charge in [-0.15, -0.1) is 0 Å². The van der Waals surface area contributed by atoms with E-state index in [1.165, 1.54) is 18.2 Å². The summed E-state index contributed by atoms with van der Waals surface area (Å²) < 4.78 is 75.1. The van der Waals surface area contributed by atoms with Crippen LogP contribution in [0.2, 0.25) is 0 Å². The Morgan fingerprint density at radius 2 is 1.27 bits per heavy atom. The van der Waals surface area contributed by atoms with Crippen LogP contribution in [0.25, 0.3) is 5.57 Å². The molecule has 0 fully saturated rings. The number of hydrogen-bond donors (Lipinski definition) is 0. The van der Waals surface area contributed by atoms with E-state index in [1.54, 1.807) is 43.3 Å². The van der Waals surface area contributed by atoms with E-state index in [0.717, 1.165) is 22.5 Å². The number of rotatable bonds is 10. The minimum Gasteiger partial charge on any atom is -0.744 e. The molecule has 0 N–H and O–H groups in total. The van der Waals surface area contributed by atoms with Crippen molar-refractivity contribution < 1.29 is 60.1 Å². The SMILES string of the molecule is CN(C)c1ccc(C(=C2C=CC(=[N+](C)C)C=C2)c2ccc(N(Cc3ccccc3)Cc3cccc(S(=O)(=O)[O-])c3)cc2)c(S(=O)(=O)[O-])c1.[Na+]. The van der Waals surface area contributed by atoms with Gasteiger partial charge < -0.3 is 18.9 Å². The second-order valence-corrected chi connectivity index (χ2v) is 14.6. The van der Waals surface area contributed by atoms with Gasteiger partial charge in [-0.1, -0.05) is 60.7 Å². The zero-order valence-electron chi connectivity index (χ0n) is 28.1. The van der Waals surface area contributed by atoms with Crippen LogP contribution in [-0.2, 0) is 33.3 Å². The van der Waals surface area contributed by atoms with Crippen LogP contribution >= 0.6 is 0 Å². The molecule has 0 saturated heterocycles. The number of nitrogens with zero attached hydrogens (tertiary/aromatic N) is 3. The number of hydrogen-bond acceptors (Lipinski definition) is 8. The quantitative estimate of drug-likeness (QED) is 0.140. The van der Waals surface area contributed by atoms with Gasteiger partial charge in [0.2, 0.25) is 0 Å². The van der Waals surface area contributed by atoms with Gasteiger partial charge in [0.15, 0.2) is 5.71 Å². The summed E-state index contributed by atoms with van der Waals surface area (Å²) in [5.41, 5.74) is 6.30. The van der Waals surface area contributed by atoms with Gasteiger partial charge in [0.05, 0.1) is 9.79 Å². The molecule has 4 aromatic rings. The molecule has 0 saturated carbocycles. The van der Waals surface area contributed by atoms with Gasteiger partial charge in [-0.25, -0.2) is 21.4 Å². The Hall–Kier alpha value is -3.81. The third-order valence-corrected chi connectivity index (χ3v) is 9.70. The van der Waals surface area contributed by atoms with Crippen molar-refractivity contribution in [1.29, 1.82) is 0 Å². The number of allylic oxidation sites excluding steroid dienone is 5. The second kappa shape index (κ2) is 15.8. The summed E-state index contributed by atoms with van der Waals surface area (Å²) in [6, 6.07) is 28.2. The molecule has 248 valence electrons. The molecule has 0 bridgehead atoms. The molecule has 4 aromatic carbocycles. The van der Waals surface area contributed by atoms with Crippen molar-refractivity contribution in [2.75, 3.05) is 38.0 Å². The van der Waals surface area contributed by atoms with E-state index in [1.807, 2.05) is 97.6 Å². The van der Waals surface area contributed by atoms with E-state index < -0.39 is 20.2 Å². The summed E-state index contributed by atoms with van der Waals surface area (Å²) in [6.07, 6.45) is 7.67. The van der Waals surface area contributed by atoms with Crippen molar-refractivity contribution in [1.82, 2.24) is 0 Å². The molecule has 0 spiro atoms. The molecule has 0 atom stereocenters. The molecular formula is C37H36N3NaO6S2. The van der Waals surface area contributed by atoms with E-state index >= 15 is 0 Å². The summed E-state index contributed by atoms with van der Waals surface area (Å²) in [6.45, 7) is 0.798. The van der Waals surface area contributed by atoms with E-state index in [2.05, 4.69) is 4.90 Å². The van der Waals surface area contributed by atoms with Gasteiger partial charge in [-0.3, -0.25) is 0 Å². The first-order valence-corrected chi connectivity index (χ1v) is 17.9. The van der Waals surface area contributed by atoms with Crippen molar-refractivity contribution in [2.24, 2.45) is 0 Å². The fourth-order valence-electron chi connectivity index (χ4n) is 5.51. The van der Waals surface area contributed by atoms with Crippen molar-refractivity contribution >= 4 is 42.9 Å². The number of benzene rings is 4. The zero-order valence-corrected chi connectivity index (χ0v) is 31.7. The van der Waals surface area contributed by atoms with Crippen molar-refractivity contribution in [3.63, 3.8) is 0 Å². The molecule has 1 aliphatic rings. The molecule has 1 aliphatic carbocycles. The summed E-state index contributed by atoms with van der Waals surface area (Å²) in [5, 5.41) is 0. The first-order valence-electron chi connectivity index (χ1n) is 15.1. The predicted octanol–water partition coefficient (Wildman–Crippen LogP) is 2.41. The van der Waals surface area contributed by atoms with Crippen LogP contribution in [0, 0.1) is 0 Å². The smallest absolute Gasteiger partial charge is 0.744 e. The molecule has 9 nitrogen and oxygen atoms in total. The molecule has 0 unspecified atom stereocenters. The Labute approximate surface area is 311 Å². The van der Waals surface area contributed by atoms with E-state index in [-0.39, 0.29) is 44.9 Å². The van der Waals surface area contributed by atoms with Gasteiger partial charge in [0, 0.05) is 56.3 Å². The summed E-state index contributed by atoms with van der Waals surface area (Å²) in [5.74, 6) is 0. The van der Waals surface area contributed by atoms with E-state index in [9.17, 15) is 25.9 Å². The van der Waals surface area contributed by atoms with Gasteiger partial charge >= 0.3 is 29.6 Å². The number of anilines is 2. The Morgan fingerprint density at radius 3 is 1.84 bits per heavy atom. The van der Waals surface area contributed by atoms with Crippen molar-refractivity contribution in [3.8, 4) is 0 Å². The molecular weight excluding hydrogens is 670 g/mol. The van der Waals surface area contributed by atoms with Crippen LogP contribution < -0.4 is 39.4 Å². The van der Waals surface area contributed by atoms with Crippen LogP contribution in [0.4, 0.5) is 11.4 Å². The van der Waals surface area contributed by atoms with Crippen molar-refractivity contribution in [2.45, 2.75) is 22.9 Å². The van der Waals surface area contributed by atoms with E-state index in [4.69, 9.17) is 0 Å². The molecule has 49 heavy (non-hydrogen) atoms. The standard InChI is InChI=1S/C37H37N3O6S2.Na/c1-38(2)31-17-13-29(14-18-31)37(35-22-21-33(39(3)4)24-36(35)48(44,45)46)30-15-19-32(20-16-30)40(25-27-9-6-5-7-10-27)26-28-11-8-12-34(23-28)47(41,42)43;/h5-24H,25-26H2,1-4H3,(H-,41,42,43,44,45,46);/q;+1/p-1. The molecule has 12 heteroatoms. The Kier molecular flexibility index (Phi) is 12.3. The maximum absolute atomic E-state index is 12.7. The van der Waals surface area contributed by atoms with Crippen LogP contribution in [0.3, 0.4) is 0 Å². The van der Waals surface area contributed by atoms with Crippen LogP contribution in [-0.4, -0.2) is 64.4 Å². The maximum Gasteiger partial charge on any atom is 1.00 e. The average Bonchev–Trinajstić information content (AvgIpc) is 3.05. The fraction of sp³-hybridized carbons (Fsp3) is 0.162. The second-order valence-electron chi connectivity index (χ2n) is 11.8. The van der Waals surface area contributed by atoms with E-state index in [0.29, 0.717) is 35.5 Å². The predicted molar refractivity (Wildman–Crippen MR) is 187 cm³/mol. The first-order chi connectivity index (χ1) is 22.7. The third-order valence-electron chi connectivity index (χ3n) is 7.99. The summed E-state index contributed by atoms with van der Waals surface area (Å²) >= 11 is 0. The zero-order chi connectivity index (χ0) is 34.6. The van der Waals surface area contributed by atoms with Gasteiger partial charge in [-0.05, 0) is 76.4 Å². The third kappa shape index (κ3) is 9.46. The van der Waals surface area contributed by atoms with Gasteiger partial charge in [-0.2, -0.15) is 0 Å². The van der Waals surface area contributed by atoms with Crippen LogP contribution in [0.5, 0.6) is 0 Å². The summed E-state index contributed by atoms with van der Waals surface area (Å²) in [7, 11) is -2.07. The van der Waals surface area contributed by atoms with Crippen molar-refractivity contribution in [3.05, 3.63) is 149 Å². The topological polar surface area (TPSA) is 124 Å². The Balaban J connectivity index is 0.00000541. The molecule has 0 aliphatic heterocycles. The Morgan fingerprint density at radius 1 is 0.673 bits per heavy atom. The maximum atomic E-state index is 12.7. The summed E-state index contributed by atoms with van der Waals surface area (Å²) in [4.78, 5) is 3.19. The molecule has 0 radical (unpaired) electrons.